The van der Waals surface area contributed by atoms with E-state index in [9.17, 15) is 9.59 Å². The number of rotatable bonds is 3. The minimum atomic E-state index is -0.282. The van der Waals surface area contributed by atoms with Crippen LogP contribution in [0.1, 0.15) is 32.5 Å². The number of likely N-dealkylation sites (tertiary alicyclic amines) is 1. The standard InChI is InChI=1S/C14H20N6O2/c1-8(2)14(22)19-6-4-5-10(19)7-20-12-11(17-18-20)13(21)16-9(3)15-12/h8,10H,4-7H2,1-3H3,(H,15,16,21)/t10-/m1/s1. The molecule has 1 fully saturated rings. The lowest BCUT2D eigenvalue weighted by Crippen LogP contribution is -2.40. The zero-order valence-electron chi connectivity index (χ0n) is 13.0. The maximum atomic E-state index is 12.3. The third-order valence-electron chi connectivity index (χ3n) is 4.03. The summed E-state index contributed by atoms with van der Waals surface area (Å²) in [5, 5.41) is 7.96. The number of hydrogen-bond donors (Lipinski definition) is 1. The van der Waals surface area contributed by atoms with Gasteiger partial charge in [0, 0.05) is 12.5 Å². The zero-order valence-corrected chi connectivity index (χ0v) is 13.0. The molecule has 8 nitrogen and oxygen atoms in total. The molecule has 0 spiro atoms. The summed E-state index contributed by atoms with van der Waals surface area (Å²) in [6, 6.07) is 0.0844. The molecule has 0 aliphatic carbocycles. The largest absolute Gasteiger partial charge is 0.338 e. The van der Waals surface area contributed by atoms with E-state index in [1.165, 1.54) is 0 Å². The Hall–Kier alpha value is -2.25. The van der Waals surface area contributed by atoms with Crippen LogP contribution in [0.4, 0.5) is 0 Å². The zero-order chi connectivity index (χ0) is 15.9. The van der Waals surface area contributed by atoms with Crippen molar-refractivity contribution < 1.29 is 4.79 Å². The first-order valence-corrected chi connectivity index (χ1v) is 7.58. The van der Waals surface area contributed by atoms with Gasteiger partial charge >= 0.3 is 0 Å². The van der Waals surface area contributed by atoms with Gasteiger partial charge in [-0.1, -0.05) is 19.1 Å². The third kappa shape index (κ3) is 2.49. The maximum absolute atomic E-state index is 12.3. The van der Waals surface area contributed by atoms with Gasteiger partial charge in [0.15, 0.2) is 11.2 Å². The first-order chi connectivity index (χ1) is 10.5. The number of H-pyrrole nitrogens is 1. The molecule has 1 saturated heterocycles. The molecule has 0 saturated carbocycles. The van der Waals surface area contributed by atoms with E-state index in [1.807, 2.05) is 18.7 Å². The number of carbonyl (C=O) groups excluding carboxylic acids is 1. The normalized spacial score (nSPS) is 18.5. The molecule has 8 heteroatoms. The summed E-state index contributed by atoms with van der Waals surface area (Å²) in [7, 11) is 0. The van der Waals surface area contributed by atoms with Crippen LogP contribution in [-0.2, 0) is 11.3 Å². The predicted octanol–water partition coefficient (Wildman–Crippen LogP) is 0.470. The molecule has 3 heterocycles. The first kappa shape index (κ1) is 14.7. The van der Waals surface area contributed by atoms with Crippen molar-refractivity contribution in [3.63, 3.8) is 0 Å². The Balaban J connectivity index is 1.90. The van der Waals surface area contributed by atoms with Crippen LogP contribution < -0.4 is 5.56 Å². The molecule has 1 atom stereocenters. The molecular formula is C14H20N6O2. The highest BCUT2D eigenvalue weighted by Gasteiger charge is 2.31. The molecule has 2 aromatic rings. The van der Waals surface area contributed by atoms with Crippen LogP contribution in [0.15, 0.2) is 4.79 Å². The average molecular weight is 304 g/mol. The number of hydrogen-bond acceptors (Lipinski definition) is 5. The molecule has 1 N–H and O–H groups in total. The number of fused-ring (bicyclic) bond motifs is 1. The van der Waals surface area contributed by atoms with Gasteiger partial charge in [0.2, 0.25) is 5.91 Å². The van der Waals surface area contributed by atoms with Gasteiger partial charge in [0.1, 0.15) is 5.82 Å². The molecule has 3 rings (SSSR count). The fourth-order valence-corrected chi connectivity index (χ4v) is 2.95. The van der Waals surface area contributed by atoms with E-state index in [2.05, 4.69) is 20.3 Å². The van der Waals surface area contributed by atoms with Crippen molar-refractivity contribution in [3.8, 4) is 0 Å². The monoisotopic (exact) mass is 304 g/mol. The van der Waals surface area contributed by atoms with Gasteiger partial charge in [0.25, 0.3) is 5.56 Å². The minimum Gasteiger partial charge on any atom is -0.338 e. The minimum absolute atomic E-state index is 0.0173. The Morgan fingerprint density at radius 3 is 2.95 bits per heavy atom. The smallest absolute Gasteiger partial charge is 0.281 e. The molecule has 0 radical (unpaired) electrons. The molecule has 118 valence electrons. The van der Waals surface area contributed by atoms with Crippen LogP contribution in [0.25, 0.3) is 11.2 Å². The number of carbonyl (C=O) groups is 1. The van der Waals surface area contributed by atoms with E-state index in [0.717, 1.165) is 19.4 Å². The van der Waals surface area contributed by atoms with Gasteiger partial charge in [-0.05, 0) is 19.8 Å². The Morgan fingerprint density at radius 2 is 2.23 bits per heavy atom. The van der Waals surface area contributed by atoms with Crippen molar-refractivity contribution in [2.75, 3.05) is 6.54 Å². The van der Waals surface area contributed by atoms with Crippen molar-refractivity contribution >= 4 is 17.1 Å². The predicted molar refractivity (Wildman–Crippen MR) is 80.3 cm³/mol. The average Bonchev–Trinajstić information content (AvgIpc) is 3.06. The van der Waals surface area contributed by atoms with E-state index in [4.69, 9.17) is 0 Å². The second-order valence-corrected chi connectivity index (χ2v) is 6.08. The van der Waals surface area contributed by atoms with Crippen molar-refractivity contribution in [3.05, 3.63) is 16.2 Å². The molecule has 0 aromatic carbocycles. The number of aryl methyl sites for hydroxylation is 1. The van der Waals surface area contributed by atoms with Crippen molar-refractivity contribution in [2.45, 2.75) is 46.2 Å². The molecule has 22 heavy (non-hydrogen) atoms. The second-order valence-electron chi connectivity index (χ2n) is 6.08. The highest BCUT2D eigenvalue weighted by atomic mass is 16.2. The number of nitrogens with one attached hydrogen (secondary N) is 1. The molecular weight excluding hydrogens is 284 g/mol. The number of aromatic amines is 1. The van der Waals surface area contributed by atoms with Crippen LogP contribution >= 0.6 is 0 Å². The van der Waals surface area contributed by atoms with Gasteiger partial charge < -0.3 is 9.88 Å². The molecule has 1 amide bonds. The van der Waals surface area contributed by atoms with E-state index in [1.54, 1.807) is 11.6 Å². The van der Waals surface area contributed by atoms with Crippen molar-refractivity contribution in [2.24, 2.45) is 5.92 Å². The van der Waals surface area contributed by atoms with Gasteiger partial charge in [0.05, 0.1) is 12.6 Å². The summed E-state index contributed by atoms with van der Waals surface area (Å²) in [5.41, 5.74) is 0.436. The Morgan fingerprint density at radius 1 is 1.45 bits per heavy atom. The maximum Gasteiger partial charge on any atom is 0.281 e. The summed E-state index contributed by atoms with van der Waals surface area (Å²) >= 11 is 0. The second kappa shape index (κ2) is 5.51. The Bertz CT molecular complexity index is 762. The molecule has 0 unspecified atom stereocenters. The van der Waals surface area contributed by atoms with Crippen LogP contribution in [0, 0.1) is 12.8 Å². The van der Waals surface area contributed by atoms with E-state index >= 15 is 0 Å². The van der Waals surface area contributed by atoms with Crippen LogP contribution in [0.5, 0.6) is 0 Å². The number of amides is 1. The van der Waals surface area contributed by atoms with Gasteiger partial charge in [-0.15, -0.1) is 5.10 Å². The summed E-state index contributed by atoms with van der Waals surface area (Å²) in [5.74, 6) is 0.674. The molecule has 2 aromatic heterocycles. The first-order valence-electron chi connectivity index (χ1n) is 7.58. The fraction of sp³-hybridized carbons (Fsp3) is 0.643. The lowest BCUT2D eigenvalue weighted by atomic mass is 10.1. The summed E-state index contributed by atoms with van der Waals surface area (Å²) < 4.78 is 1.63. The molecule has 1 aliphatic heterocycles. The summed E-state index contributed by atoms with van der Waals surface area (Å²) in [6.45, 7) is 6.84. The van der Waals surface area contributed by atoms with Crippen LogP contribution in [0.2, 0.25) is 0 Å². The third-order valence-corrected chi connectivity index (χ3v) is 4.03. The van der Waals surface area contributed by atoms with Crippen molar-refractivity contribution in [1.82, 2.24) is 29.9 Å². The SMILES string of the molecule is Cc1nc2c(nnn2C[C@H]2CCCN2C(=O)C(C)C)c(=O)[nH]1. The van der Waals surface area contributed by atoms with Gasteiger partial charge in [-0.3, -0.25) is 9.59 Å². The van der Waals surface area contributed by atoms with Gasteiger partial charge in [-0.2, -0.15) is 0 Å². The number of nitrogens with zero attached hydrogens (tertiary/aromatic N) is 5. The highest BCUT2D eigenvalue weighted by Crippen LogP contribution is 2.21. The topological polar surface area (TPSA) is 96.8 Å². The lowest BCUT2D eigenvalue weighted by molar-refractivity contribution is -0.135. The van der Waals surface area contributed by atoms with Crippen molar-refractivity contribution in [1.29, 1.82) is 0 Å². The number of aromatic nitrogens is 5. The quantitative estimate of drug-likeness (QED) is 0.889. The highest BCUT2D eigenvalue weighted by molar-refractivity contribution is 5.78. The Labute approximate surface area is 127 Å². The van der Waals surface area contributed by atoms with E-state index < -0.39 is 0 Å². The summed E-state index contributed by atoms with van der Waals surface area (Å²) in [4.78, 5) is 33.0. The van der Waals surface area contributed by atoms with E-state index in [-0.39, 0.29) is 28.9 Å². The van der Waals surface area contributed by atoms with Crippen LogP contribution in [0.3, 0.4) is 0 Å². The Kier molecular flexibility index (Phi) is 3.67. The van der Waals surface area contributed by atoms with Crippen LogP contribution in [-0.4, -0.2) is 48.4 Å². The van der Waals surface area contributed by atoms with Gasteiger partial charge in [-0.25, -0.2) is 9.67 Å². The molecule has 0 bridgehead atoms. The summed E-state index contributed by atoms with van der Waals surface area (Å²) in [6.07, 6.45) is 1.92. The lowest BCUT2D eigenvalue weighted by Gasteiger charge is -2.26. The van der Waals surface area contributed by atoms with E-state index in [0.29, 0.717) is 18.0 Å². The fourth-order valence-electron chi connectivity index (χ4n) is 2.95. The molecule has 1 aliphatic rings.